The highest BCUT2D eigenvalue weighted by molar-refractivity contribution is 5.61. The Hall–Kier alpha value is -4.04. The van der Waals surface area contributed by atoms with Crippen LogP contribution in [0.2, 0.25) is 0 Å². The third kappa shape index (κ3) is 9.15. The maximum Gasteiger partial charge on any atom is 0.134 e. The molecular weight excluding hydrogens is 597 g/mol. The maximum atomic E-state index is 6.93. The second-order valence-electron chi connectivity index (χ2n) is 13.9. The molecule has 0 heterocycles. The molecule has 0 aromatic heterocycles. The molecule has 260 valence electrons. The Bertz CT molecular complexity index is 1540. The molecule has 2 heteroatoms. The van der Waals surface area contributed by atoms with Crippen molar-refractivity contribution >= 4 is 12.2 Å². The first-order chi connectivity index (χ1) is 23.7. The number of allylic oxidation sites excluding steroid dienone is 2. The van der Waals surface area contributed by atoms with Gasteiger partial charge in [-0.25, -0.2) is 0 Å². The molecule has 49 heavy (non-hydrogen) atoms. The van der Waals surface area contributed by atoms with Gasteiger partial charge in [0, 0.05) is 11.1 Å². The van der Waals surface area contributed by atoms with Crippen molar-refractivity contribution in [2.75, 3.05) is 0 Å². The first-order valence-corrected chi connectivity index (χ1v) is 18.8. The number of rotatable bonds is 16. The normalized spacial score (nSPS) is 14.2. The number of ether oxygens (including phenoxy) is 2. The number of hydrogen-bond acceptors (Lipinski definition) is 2. The predicted octanol–water partition coefficient (Wildman–Crippen LogP) is 15.0. The zero-order valence-electron chi connectivity index (χ0n) is 31.9. The second-order valence-corrected chi connectivity index (χ2v) is 13.9. The summed E-state index contributed by atoms with van der Waals surface area (Å²) in [5.74, 6) is 5.35. The summed E-state index contributed by atoms with van der Waals surface area (Å²) in [4.78, 5) is 0. The maximum absolute atomic E-state index is 6.93. The summed E-state index contributed by atoms with van der Waals surface area (Å²) in [6.07, 6.45) is 13.5. The van der Waals surface area contributed by atoms with Crippen LogP contribution in [0.15, 0.2) is 84.9 Å². The van der Waals surface area contributed by atoms with Crippen LogP contribution in [0.3, 0.4) is 0 Å². The SMILES string of the molecule is CC=Cc1ccccc1Oc1c(C(C)CC)cc(Cc2cc(C(C)CC)c(Oc3ccccc3C=CC)c(C(C)CC)c2)cc1C(C)CC. The Morgan fingerprint density at radius 1 is 0.490 bits per heavy atom. The fourth-order valence-corrected chi connectivity index (χ4v) is 6.50. The van der Waals surface area contributed by atoms with Crippen molar-refractivity contribution in [1.29, 1.82) is 0 Å². The van der Waals surface area contributed by atoms with E-state index < -0.39 is 0 Å². The minimum atomic E-state index is 0.367. The quantitative estimate of drug-likeness (QED) is 0.119. The van der Waals surface area contributed by atoms with E-state index in [4.69, 9.17) is 9.47 Å². The van der Waals surface area contributed by atoms with Gasteiger partial charge in [0.25, 0.3) is 0 Å². The van der Waals surface area contributed by atoms with E-state index in [1.807, 2.05) is 0 Å². The van der Waals surface area contributed by atoms with Gasteiger partial charge in [-0.3, -0.25) is 0 Å². The largest absolute Gasteiger partial charge is 0.456 e. The van der Waals surface area contributed by atoms with Crippen LogP contribution in [0, 0.1) is 0 Å². The van der Waals surface area contributed by atoms with Gasteiger partial charge in [-0.05, 0) is 115 Å². The molecule has 4 aromatic rings. The van der Waals surface area contributed by atoms with Crippen LogP contribution in [0.1, 0.15) is 163 Å². The lowest BCUT2D eigenvalue weighted by Crippen LogP contribution is -2.08. The summed E-state index contributed by atoms with van der Waals surface area (Å²) < 4.78 is 13.9. The van der Waals surface area contributed by atoms with Gasteiger partial charge in [0.15, 0.2) is 0 Å². The number of para-hydroxylation sites is 2. The Morgan fingerprint density at radius 2 is 0.796 bits per heavy atom. The van der Waals surface area contributed by atoms with E-state index in [0.717, 1.165) is 66.2 Å². The smallest absolute Gasteiger partial charge is 0.134 e. The highest BCUT2D eigenvalue weighted by Crippen LogP contribution is 2.44. The Kier molecular flexibility index (Phi) is 13.9. The molecular formula is C47H60O2. The third-order valence-corrected chi connectivity index (χ3v) is 10.3. The van der Waals surface area contributed by atoms with Crippen LogP contribution in [0.4, 0.5) is 0 Å². The molecule has 4 rings (SSSR count). The molecule has 4 unspecified atom stereocenters. The van der Waals surface area contributed by atoms with Gasteiger partial charge in [0.1, 0.15) is 23.0 Å². The molecule has 0 amide bonds. The van der Waals surface area contributed by atoms with Crippen LogP contribution in [-0.2, 0) is 6.42 Å². The molecule has 0 aliphatic carbocycles. The van der Waals surface area contributed by atoms with Gasteiger partial charge >= 0.3 is 0 Å². The van der Waals surface area contributed by atoms with Crippen LogP contribution in [0.25, 0.3) is 12.2 Å². The van der Waals surface area contributed by atoms with Gasteiger partial charge in [-0.1, -0.05) is 140 Å². The lowest BCUT2D eigenvalue weighted by atomic mass is 9.84. The van der Waals surface area contributed by atoms with Gasteiger partial charge in [0.2, 0.25) is 0 Å². The summed E-state index contributed by atoms with van der Waals surface area (Å²) in [6, 6.07) is 26.5. The van der Waals surface area contributed by atoms with Crippen molar-refractivity contribution in [2.45, 2.75) is 125 Å². The van der Waals surface area contributed by atoms with E-state index in [9.17, 15) is 0 Å². The molecule has 0 aliphatic rings. The van der Waals surface area contributed by atoms with Crippen LogP contribution < -0.4 is 9.47 Å². The van der Waals surface area contributed by atoms with Gasteiger partial charge in [-0.15, -0.1) is 0 Å². The minimum absolute atomic E-state index is 0.367. The van der Waals surface area contributed by atoms with Gasteiger partial charge in [0.05, 0.1) is 0 Å². The molecule has 0 radical (unpaired) electrons. The molecule has 0 N–H and O–H groups in total. The average molecular weight is 657 g/mol. The highest BCUT2D eigenvalue weighted by atomic mass is 16.5. The van der Waals surface area contributed by atoms with Crippen LogP contribution in [-0.4, -0.2) is 0 Å². The zero-order chi connectivity index (χ0) is 35.5. The Balaban J connectivity index is 1.89. The predicted molar refractivity (Wildman–Crippen MR) is 213 cm³/mol. The third-order valence-electron chi connectivity index (χ3n) is 10.3. The molecule has 0 saturated carbocycles. The van der Waals surface area contributed by atoms with Crippen molar-refractivity contribution in [3.05, 3.63) is 129 Å². The van der Waals surface area contributed by atoms with Gasteiger partial charge < -0.3 is 9.47 Å². The zero-order valence-corrected chi connectivity index (χ0v) is 31.9. The number of benzene rings is 4. The molecule has 4 aromatic carbocycles. The Morgan fingerprint density at radius 3 is 1.08 bits per heavy atom. The highest BCUT2D eigenvalue weighted by Gasteiger charge is 2.24. The molecule has 0 saturated heterocycles. The van der Waals surface area contributed by atoms with E-state index in [-0.39, 0.29) is 0 Å². The second kappa shape index (κ2) is 18.1. The molecule has 2 nitrogen and oxygen atoms in total. The molecule has 0 spiro atoms. The van der Waals surface area contributed by atoms with Crippen molar-refractivity contribution in [3.63, 3.8) is 0 Å². The summed E-state index contributed by atoms with van der Waals surface area (Å²) in [5.41, 5.74) is 10.1. The number of hydrogen-bond donors (Lipinski definition) is 0. The van der Waals surface area contributed by atoms with Crippen molar-refractivity contribution in [1.82, 2.24) is 0 Å². The summed E-state index contributed by atoms with van der Waals surface area (Å²) in [5, 5.41) is 0. The molecule has 0 aliphatic heterocycles. The standard InChI is InChI=1S/C47H60O2/c1-11-21-38-23-17-19-25-44(38)48-46-40(32(7)13-3)28-36(29-41(46)33(8)14-4)27-37-30-42(34(9)15-5)47(43(31-37)35(10)16-6)49-45-26-20-18-24-39(45)22-12-2/h11-12,17-26,28-35H,13-16,27H2,1-10H3. The average Bonchev–Trinajstić information content (AvgIpc) is 3.12. The molecule has 0 bridgehead atoms. The van der Waals surface area contributed by atoms with E-state index >= 15 is 0 Å². The molecule has 0 fully saturated rings. The fourth-order valence-electron chi connectivity index (χ4n) is 6.50. The van der Waals surface area contributed by atoms with E-state index in [2.05, 4.69) is 166 Å². The minimum Gasteiger partial charge on any atom is -0.456 e. The Labute approximate surface area is 298 Å². The lowest BCUT2D eigenvalue weighted by molar-refractivity contribution is 0.456. The van der Waals surface area contributed by atoms with E-state index in [1.54, 1.807) is 0 Å². The van der Waals surface area contributed by atoms with Crippen molar-refractivity contribution < 1.29 is 9.47 Å². The van der Waals surface area contributed by atoms with Crippen molar-refractivity contribution in [3.8, 4) is 23.0 Å². The first-order valence-electron chi connectivity index (χ1n) is 18.8. The first kappa shape index (κ1) is 37.8. The summed E-state index contributed by atoms with van der Waals surface area (Å²) in [6.45, 7) is 22.6. The van der Waals surface area contributed by atoms with E-state index in [1.165, 1.54) is 33.4 Å². The fraction of sp³-hybridized carbons (Fsp3) is 0.404. The topological polar surface area (TPSA) is 18.5 Å². The summed E-state index contributed by atoms with van der Waals surface area (Å²) in [7, 11) is 0. The monoisotopic (exact) mass is 656 g/mol. The summed E-state index contributed by atoms with van der Waals surface area (Å²) >= 11 is 0. The van der Waals surface area contributed by atoms with E-state index in [0.29, 0.717) is 23.7 Å². The van der Waals surface area contributed by atoms with Crippen LogP contribution >= 0.6 is 0 Å². The lowest BCUT2D eigenvalue weighted by Gasteiger charge is -2.26. The van der Waals surface area contributed by atoms with Gasteiger partial charge in [-0.2, -0.15) is 0 Å². The van der Waals surface area contributed by atoms with Crippen molar-refractivity contribution in [2.24, 2.45) is 0 Å². The van der Waals surface area contributed by atoms with Crippen LogP contribution in [0.5, 0.6) is 23.0 Å². The molecule has 4 atom stereocenters.